The van der Waals surface area contributed by atoms with Crippen molar-refractivity contribution in [2.24, 2.45) is 0 Å². The molecule has 21 heavy (non-hydrogen) atoms. The molecule has 0 aliphatic carbocycles. The van der Waals surface area contributed by atoms with Crippen LogP contribution in [0.5, 0.6) is 5.75 Å². The second kappa shape index (κ2) is 9.21. The van der Waals surface area contributed by atoms with E-state index in [1.165, 1.54) is 5.56 Å². The van der Waals surface area contributed by atoms with E-state index in [9.17, 15) is 0 Å². The molecule has 0 atom stereocenters. The highest BCUT2D eigenvalue weighted by atomic mass is 16.5. The highest BCUT2D eigenvalue weighted by Crippen LogP contribution is 2.12. The van der Waals surface area contributed by atoms with Crippen molar-refractivity contribution in [3.8, 4) is 5.75 Å². The van der Waals surface area contributed by atoms with Gasteiger partial charge in [0.15, 0.2) is 0 Å². The van der Waals surface area contributed by atoms with Crippen LogP contribution in [-0.4, -0.2) is 19.8 Å². The molecular formula is C17H23NO3. The Bertz CT molecular complexity index is 496. The van der Waals surface area contributed by atoms with E-state index >= 15 is 0 Å². The summed E-state index contributed by atoms with van der Waals surface area (Å²) >= 11 is 0. The SMILES string of the molecule is CCOc1cccc(CNCCCOCc2ccco2)c1. The summed E-state index contributed by atoms with van der Waals surface area (Å²) in [5.74, 6) is 1.80. The van der Waals surface area contributed by atoms with Crippen LogP contribution >= 0.6 is 0 Å². The standard InChI is InChI=1S/C17H23NO3/c1-2-20-16-7-3-6-15(12-16)13-18-9-5-10-19-14-17-8-4-11-21-17/h3-4,6-8,11-12,18H,2,5,9-10,13-14H2,1H3. The van der Waals surface area contributed by atoms with E-state index in [1.807, 2.05) is 31.2 Å². The second-order valence-corrected chi connectivity index (χ2v) is 4.74. The Hall–Kier alpha value is -1.78. The van der Waals surface area contributed by atoms with Crippen LogP contribution in [-0.2, 0) is 17.9 Å². The first-order chi connectivity index (χ1) is 10.4. The van der Waals surface area contributed by atoms with Gasteiger partial charge in [-0.25, -0.2) is 0 Å². The molecule has 0 saturated carbocycles. The summed E-state index contributed by atoms with van der Waals surface area (Å²) < 4.78 is 16.2. The van der Waals surface area contributed by atoms with Gasteiger partial charge in [0.2, 0.25) is 0 Å². The Labute approximate surface area is 126 Å². The maximum atomic E-state index is 5.53. The fraction of sp³-hybridized carbons (Fsp3) is 0.412. The third kappa shape index (κ3) is 6.02. The molecule has 4 nitrogen and oxygen atoms in total. The first-order valence-corrected chi connectivity index (χ1v) is 7.41. The van der Waals surface area contributed by atoms with Gasteiger partial charge in [0.05, 0.1) is 12.9 Å². The van der Waals surface area contributed by atoms with Gasteiger partial charge in [0.1, 0.15) is 18.1 Å². The summed E-state index contributed by atoms with van der Waals surface area (Å²) in [6, 6.07) is 12.0. The topological polar surface area (TPSA) is 43.6 Å². The number of hydrogen-bond acceptors (Lipinski definition) is 4. The zero-order chi connectivity index (χ0) is 14.8. The number of hydrogen-bond donors (Lipinski definition) is 1. The van der Waals surface area contributed by atoms with E-state index in [2.05, 4.69) is 17.4 Å². The fourth-order valence-corrected chi connectivity index (χ4v) is 2.01. The molecule has 0 amide bonds. The van der Waals surface area contributed by atoms with E-state index in [4.69, 9.17) is 13.9 Å². The third-order valence-corrected chi connectivity index (χ3v) is 3.01. The van der Waals surface area contributed by atoms with Crippen LogP contribution in [0.4, 0.5) is 0 Å². The number of ether oxygens (including phenoxy) is 2. The van der Waals surface area contributed by atoms with Gasteiger partial charge < -0.3 is 19.2 Å². The van der Waals surface area contributed by atoms with Crippen LogP contribution in [0.2, 0.25) is 0 Å². The van der Waals surface area contributed by atoms with Crippen molar-refractivity contribution in [3.63, 3.8) is 0 Å². The average molecular weight is 289 g/mol. The number of furan rings is 1. The van der Waals surface area contributed by atoms with Gasteiger partial charge >= 0.3 is 0 Å². The second-order valence-electron chi connectivity index (χ2n) is 4.74. The Kier molecular flexibility index (Phi) is 6.84. The summed E-state index contributed by atoms with van der Waals surface area (Å²) in [7, 11) is 0. The highest BCUT2D eigenvalue weighted by Gasteiger charge is 1.97. The number of nitrogens with one attached hydrogen (secondary N) is 1. The van der Waals surface area contributed by atoms with Crippen molar-refractivity contribution < 1.29 is 13.9 Å². The third-order valence-electron chi connectivity index (χ3n) is 3.01. The Morgan fingerprint density at radius 2 is 2.14 bits per heavy atom. The molecule has 0 bridgehead atoms. The van der Waals surface area contributed by atoms with Gasteiger partial charge in [0.25, 0.3) is 0 Å². The fourth-order valence-electron chi connectivity index (χ4n) is 2.01. The maximum absolute atomic E-state index is 5.53. The molecular weight excluding hydrogens is 266 g/mol. The molecule has 1 heterocycles. The van der Waals surface area contributed by atoms with Crippen LogP contribution in [0, 0.1) is 0 Å². The molecule has 0 aliphatic heterocycles. The molecule has 0 radical (unpaired) electrons. The number of rotatable bonds is 10. The number of benzene rings is 1. The van der Waals surface area contributed by atoms with Crippen LogP contribution in [0.15, 0.2) is 47.1 Å². The lowest BCUT2D eigenvalue weighted by atomic mass is 10.2. The molecule has 4 heteroatoms. The van der Waals surface area contributed by atoms with Crippen molar-refractivity contribution in [1.29, 1.82) is 0 Å². The van der Waals surface area contributed by atoms with E-state index < -0.39 is 0 Å². The minimum absolute atomic E-state index is 0.545. The van der Waals surface area contributed by atoms with Crippen LogP contribution in [0.25, 0.3) is 0 Å². The Morgan fingerprint density at radius 1 is 1.19 bits per heavy atom. The van der Waals surface area contributed by atoms with Crippen molar-refractivity contribution in [2.75, 3.05) is 19.8 Å². The lowest BCUT2D eigenvalue weighted by Gasteiger charge is -2.08. The maximum Gasteiger partial charge on any atom is 0.129 e. The van der Waals surface area contributed by atoms with Gasteiger partial charge in [-0.15, -0.1) is 0 Å². The molecule has 2 rings (SSSR count). The molecule has 0 saturated heterocycles. The van der Waals surface area contributed by atoms with Gasteiger partial charge in [-0.05, 0) is 49.7 Å². The van der Waals surface area contributed by atoms with Crippen LogP contribution in [0.1, 0.15) is 24.7 Å². The molecule has 0 spiro atoms. The van der Waals surface area contributed by atoms with Gasteiger partial charge in [-0.1, -0.05) is 12.1 Å². The molecule has 1 aromatic heterocycles. The molecule has 2 aromatic rings. The molecule has 114 valence electrons. The van der Waals surface area contributed by atoms with E-state index in [0.29, 0.717) is 13.2 Å². The van der Waals surface area contributed by atoms with Crippen LogP contribution < -0.4 is 10.1 Å². The minimum atomic E-state index is 0.545. The smallest absolute Gasteiger partial charge is 0.129 e. The van der Waals surface area contributed by atoms with Crippen molar-refractivity contribution in [2.45, 2.75) is 26.5 Å². The predicted molar refractivity (Wildman–Crippen MR) is 82.3 cm³/mol. The summed E-state index contributed by atoms with van der Waals surface area (Å²) in [4.78, 5) is 0. The molecule has 0 aliphatic rings. The lowest BCUT2D eigenvalue weighted by molar-refractivity contribution is 0.104. The first kappa shape index (κ1) is 15.6. The monoisotopic (exact) mass is 289 g/mol. The zero-order valence-corrected chi connectivity index (χ0v) is 12.5. The lowest BCUT2D eigenvalue weighted by Crippen LogP contribution is -2.16. The summed E-state index contributed by atoms with van der Waals surface area (Å²) in [6.07, 6.45) is 2.64. The predicted octanol–water partition coefficient (Wildman–Crippen LogP) is 3.37. The quantitative estimate of drug-likeness (QED) is 0.681. The highest BCUT2D eigenvalue weighted by molar-refractivity contribution is 5.28. The van der Waals surface area contributed by atoms with E-state index in [0.717, 1.165) is 37.6 Å². The van der Waals surface area contributed by atoms with Gasteiger partial charge in [0, 0.05) is 13.2 Å². The summed E-state index contributed by atoms with van der Waals surface area (Å²) in [5.41, 5.74) is 1.23. The normalized spacial score (nSPS) is 10.7. The van der Waals surface area contributed by atoms with Crippen molar-refractivity contribution >= 4 is 0 Å². The summed E-state index contributed by atoms with van der Waals surface area (Å²) in [5, 5.41) is 3.41. The van der Waals surface area contributed by atoms with E-state index in [-0.39, 0.29) is 0 Å². The molecule has 0 fully saturated rings. The summed E-state index contributed by atoms with van der Waals surface area (Å²) in [6.45, 7) is 5.74. The first-order valence-electron chi connectivity index (χ1n) is 7.41. The zero-order valence-electron chi connectivity index (χ0n) is 12.5. The van der Waals surface area contributed by atoms with Crippen molar-refractivity contribution in [1.82, 2.24) is 5.32 Å². The van der Waals surface area contributed by atoms with Crippen molar-refractivity contribution in [3.05, 3.63) is 54.0 Å². The molecule has 0 unspecified atom stereocenters. The van der Waals surface area contributed by atoms with Crippen LogP contribution in [0.3, 0.4) is 0 Å². The molecule has 1 aromatic carbocycles. The largest absolute Gasteiger partial charge is 0.494 e. The Morgan fingerprint density at radius 3 is 2.95 bits per heavy atom. The van der Waals surface area contributed by atoms with Gasteiger partial charge in [-0.2, -0.15) is 0 Å². The Balaban J connectivity index is 1.54. The van der Waals surface area contributed by atoms with E-state index in [1.54, 1.807) is 6.26 Å². The minimum Gasteiger partial charge on any atom is -0.494 e. The average Bonchev–Trinajstić information content (AvgIpc) is 3.00. The van der Waals surface area contributed by atoms with Gasteiger partial charge in [-0.3, -0.25) is 0 Å². The molecule has 1 N–H and O–H groups in total.